The molecule has 0 bridgehead atoms. The topological polar surface area (TPSA) is 126 Å². The van der Waals surface area contributed by atoms with Crippen molar-refractivity contribution in [3.05, 3.63) is 18.1 Å². The molecule has 0 aromatic carbocycles. The molecule has 8 aliphatic rings. The number of aliphatic hydroxyl groups excluding tert-OH is 1. The number of carbonyl (C=O) groups excluding carboxylic acids is 2. The van der Waals surface area contributed by atoms with Crippen molar-refractivity contribution >= 4 is 17.8 Å². The zero-order chi connectivity index (χ0) is 36.5. The Balaban J connectivity index is 0.989. The van der Waals surface area contributed by atoms with Crippen molar-refractivity contribution in [3.8, 4) is 0 Å². The number of carbonyl (C=O) groups is 3. The van der Waals surface area contributed by atoms with Crippen LogP contribution in [0, 0.1) is 68.9 Å². The lowest BCUT2D eigenvalue weighted by Crippen LogP contribution is -2.59. The molecule has 8 rings (SSSR count). The van der Waals surface area contributed by atoms with Gasteiger partial charge in [0.1, 0.15) is 18.2 Å². The smallest absolute Gasteiger partial charge is 0.326 e. The van der Waals surface area contributed by atoms with Crippen LogP contribution in [-0.2, 0) is 28.6 Å². The molecule has 10 heteroatoms. The van der Waals surface area contributed by atoms with Gasteiger partial charge >= 0.3 is 5.97 Å². The molecule has 3 radical (unpaired) electrons. The van der Waals surface area contributed by atoms with Gasteiger partial charge in [-0.05, 0) is 116 Å². The maximum absolute atomic E-state index is 12.9. The van der Waals surface area contributed by atoms with Gasteiger partial charge in [-0.15, -0.1) is 0 Å². The Morgan fingerprint density at radius 2 is 1.82 bits per heavy atom. The predicted molar refractivity (Wildman–Crippen MR) is 188 cm³/mol. The van der Waals surface area contributed by atoms with Crippen molar-refractivity contribution in [1.29, 1.82) is 0 Å². The quantitative estimate of drug-likeness (QED) is 0.325. The van der Waals surface area contributed by atoms with Crippen molar-refractivity contribution in [2.45, 2.75) is 144 Å². The summed E-state index contributed by atoms with van der Waals surface area (Å²) in [5.41, 5.74) is -0.304. The van der Waals surface area contributed by atoms with Crippen molar-refractivity contribution in [3.63, 3.8) is 0 Å². The number of aliphatic carboxylic acids is 1. The molecule has 2 heterocycles. The maximum atomic E-state index is 12.9. The van der Waals surface area contributed by atoms with Gasteiger partial charge in [0.05, 0.1) is 31.9 Å². The number of ether oxygens (including phenoxy) is 3. The maximum Gasteiger partial charge on any atom is 0.326 e. The van der Waals surface area contributed by atoms with Gasteiger partial charge in [-0.1, -0.05) is 34.6 Å². The Morgan fingerprint density at radius 1 is 1.08 bits per heavy atom. The van der Waals surface area contributed by atoms with Crippen LogP contribution in [0.25, 0.3) is 0 Å². The molecule has 10 nitrogen and oxygen atoms in total. The second kappa shape index (κ2) is 12.1. The molecule has 283 valence electrons. The Labute approximate surface area is 304 Å². The van der Waals surface area contributed by atoms with Crippen LogP contribution in [0.3, 0.4) is 0 Å². The third kappa shape index (κ3) is 5.17. The third-order valence-corrected chi connectivity index (χ3v) is 16.5. The lowest BCUT2D eigenvalue weighted by molar-refractivity contribution is -0.242. The molecule has 2 N–H and O–H groups in total. The fourth-order valence-corrected chi connectivity index (χ4v) is 13.5. The number of amides is 2. The van der Waals surface area contributed by atoms with Crippen molar-refractivity contribution in [1.82, 2.24) is 9.80 Å². The van der Waals surface area contributed by atoms with Gasteiger partial charge < -0.3 is 34.2 Å². The third-order valence-electron chi connectivity index (χ3n) is 16.5. The molecule has 2 amide bonds. The summed E-state index contributed by atoms with van der Waals surface area (Å²) in [6.07, 6.45) is 11.5. The molecule has 2 saturated heterocycles. The molecule has 11 atom stereocenters. The number of hydrogen-bond acceptors (Lipinski definition) is 7. The first-order valence-corrected chi connectivity index (χ1v) is 20.0. The second-order valence-electron chi connectivity index (χ2n) is 19.1. The minimum absolute atomic E-state index is 0.0488. The molecule has 6 aliphatic carbocycles. The summed E-state index contributed by atoms with van der Waals surface area (Å²) >= 11 is 0. The van der Waals surface area contributed by atoms with E-state index in [1.165, 1.54) is 38.0 Å². The summed E-state index contributed by atoms with van der Waals surface area (Å²) in [7, 11) is 0. The average Bonchev–Trinajstić information content (AvgIpc) is 4.00. The minimum atomic E-state index is -1.05. The van der Waals surface area contributed by atoms with Gasteiger partial charge in [0.25, 0.3) is 0 Å². The number of morpholine rings is 1. The predicted octanol–water partition coefficient (Wildman–Crippen LogP) is 5.78. The van der Waals surface area contributed by atoms with Crippen LogP contribution in [0.15, 0.2) is 0 Å². The van der Waals surface area contributed by atoms with E-state index in [0.29, 0.717) is 50.5 Å². The Hall–Kier alpha value is -1.75. The first kappa shape index (κ1) is 36.2. The number of nitrogens with zero attached hydrogens (tertiary/aromatic N) is 2. The molecular formula is C41H61N2O8. The van der Waals surface area contributed by atoms with Crippen LogP contribution in [0.4, 0.5) is 0 Å². The van der Waals surface area contributed by atoms with Gasteiger partial charge in [0.2, 0.25) is 11.8 Å². The molecule has 8 fully saturated rings. The van der Waals surface area contributed by atoms with E-state index in [2.05, 4.69) is 34.6 Å². The zero-order valence-corrected chi connectivity index (χ0v) is 32.0. The first-order valence-electron chi connectivity index (χ1n) is 20.0. The van der Waals surface area contributed by atoms with Crippen molar-refractivity contribution < 1.29 is 38.8 Å². The molecule has 51 heavy (non-hydrogen) atoms. The summed E-state index contributed by atoms with van der Waals surface area (Å²) in [5.74, 6) is 1.84. The van der Waals surface area contributed by atoms with Gasteiger partial charge in [-0.3, -0.25) is 9.59 Å². The normalized spacial score (nSPS) is 45.5. The minimum Gasteiger partial charge on any atom is -0.480 e. The molecule has 0 aromatic rings. The number of rotatable bonds is 8. The van der Waals surface area contributed by atoms with Crippen LogP contribution >= 0.6 is 0 Å². The summed E-state index contributed by atoms with van der Waals surface area (Å²) in [5, 5.41) is 22.2. The highest BCUT2D eigenvalue weighted by Crippen LogP contribution is 2.90. The number of fused-ring (bicyclic) bond motifs is 4. The first-order chi connectivity index (χ1) is 24.0. The fraction of sp³-hybridized carbons (Fsp3) is 0.854. The molecule has 1 unspecified atom stereocenters. The molecule has 2 aliphatic heterocycles. The van der Waals surface area contributed by atoms with E-state index in [4.69, 9.17) is 14.2 Å². The zero-order valence-electron chi connectivity index (χ0n) is 32.0. The van der Waals surface area contributed by atoms with E-state index in [9.17, 15) is 24.6 Å². The molecule has 2 spiro atoms. The Morgan fingerprint density at radius 3 is 2.51 bits per heavy atom. The van der Waals surface area contributed by atoms with E-state index in [1.807, 2.05) is 4.90 Å². The Kier molecular flexibility index (Phi) is 8.62. The van der Waals surface area contributed by atoms with Gasteiger partial charge in [0, 0.05) is 31.2 Å². The molecule has 0 aromatic heterocycles. The van der Waals surface area contributed by atoms with Crippen molar-refractivity contribution in [2.75, 3.05) is 26.2 Å². The van der Waals surface area contributed by atoms with E-state index < -0.39 is 23.5 Å². The van der Waals surface area contributed by atoms with Crippen LogP contribution in [0.5, 0.6) is 0 Å². The van der Waals surface area contributed by atoms with Crippen molar-refractivity contribution in [2.24, 2.45) is 50.7 Å². The average molecular weight is 710 g/mol. The van der Waals surface area contributed by atoms with E-state index >= 15 is 0 Å². The van der Waals surface area contributed by atoms with E-state index in [-0.39, 0.29) is 64.2 Å². The molecule has 6 saturated carbocycles. The number of aliphatic hydroxyl groups is 1. The van der Waals surface area contributed by atoms with Gasteiger partial charge in [-0.25, -0.2) is 4.79 Å². The summed E-state index contributed by atoms with van der Waals surface area (Å²) in [6.45, 7) is 16.5. The monoisotopic (exact) mass is 709 g/mol. The van der Waals surface area contributed by atoms with E-state index in [0.717, 1.165) is 44.6 Å². The highest BCUT2D eigenvalue weighted by molar-refractivity contribution is 5.82. The van der Waals surface area contributed by atoms with Crippen LogP contribution in [0.2, 0.25) is 0 Å². The second-order valence-corrected chi connectivity index (χ2v) is 19.1. The van der Waals surface area contributed by atoms with E-state index in [1.54, 1.807) is 5.92 Å². The lowest BCUT2D eigenvalue weighted by atomic mass is 9.41. The largest absolute Gasteiger partial charge is 0.480 e. The number of hydrogen-bond donors (Lipinski definition) is 2. The van der Waals surface area contributed by atoms with Crippen LogP contribution < -0.4 is 0 Å². The lowest BCUT2D eigenvalue weighted by Gasteiger charge is -2.63. The number of carboxylic acid groups (broad SMARTS) is 1. The van der Waals surface area contributed by atoms with Gasteiger partial charge in [0.15, 0.2) is 6.29 Å². The fourth-order valence-electron chi connectivity index (χ4n) is 13.5. The highest BCUT2D eigenvalue weighted by atomic mass is 16.7. The number of carboxylic acids is 1. The summed E-state index contributed by atoms with van der Waals surface area (Å²) < 4.78 is 19.6. The summed E-state index contributed by atoms with van der Waals surface area (Å²) in [6, 6.07) is -0.963. The standard InChI is InChI=1S/C41H61N2O8/c1-23-18-27(20-43(25(3)44)24(2)36(47)48)50-34-33(23)38(6)14-15-41-22-40(41)13-12-30(37(4,5)28(40)10-11-29(41)39(38,7)35(34)46)51-32-21-42(16-17-49-32)31(45)19-26-8-9-26/h23-24,26,28,30,32-33,35,46H,8-22H2,1-7H3,(H,47,48)/t23-,24+,28+,30?,32+,33+,35+,38-,39-,40-,41+/m1/s1. The Bertz CT molecular complexity index is 1430. The highest BCUT2D eigenvalue weighted by Gasteiger charge is 2.85. The molecular weight excluding hydrogens is 648 g/mol. The van der Waals surface area contributed by atoms with Gasteiger partial charge in [-0.2, -0.15) is 0 Å². The van der Waals surface area contributed by atoms with Crippen LogP contribution in [-0.4, -0.2) is 88.6 Å². The summed E-state index contributed by atoms with van der Waals surface area (Å²) in [4.78, 5) is 40.5. The van der Waals surface area contributed by atoms with Crippen LogP contribution in [0.1, 0.15) is 119 Å². The SMILES string of the molecule is CC(=O)N(C[C]1C[C@@H](C)[C@H]2[C](O1)[C@H](O)[C@@]1(C)[C]3CC[C@H]4C(C)(C)C(O[C@H]5CN(C(=O)CC6CC6)CCO5)CC[C@@]45C[C@@]35CC[C@]21C)[C@@H](C)C(=O)O.